The van der Waals surface area contributed by atoms with Gasteiger partial charge >= 0.3 is 0 Å². The molecule has 1 aliphatic rings. The van der Waals surface area contributed by atoms with Crippen LogP contribution in [-0.4, -0.2) is 39.1 Å². The number of carbonyl (C=O) groups is 1. The Bertz CT molecular complexity index is 933. The number of pyridine rings is 1. The van der Waals surface area contributed by atoms with Crippen LogP contribution in [-0.2, 0) is 0 Å². The fraction of sp³-hybridized carbons (Fsp3) is 0.350. The molecule has 1 fully saturated rings. The molecule has 6 nitrogen and oxygen atoms in total. The Labute approximate surface area is 152 Å². The third-order valence-electron chi connectivity index (χ3n) is 4.94. The van der Waals surface area contributed by atoms with Gasteiger partial charge in [-0.1, -0.05) is 12.1 Å². The number of ether oxygens (including phenoxy) is 1. The third kappa shape index (κ3) is 2.92. The van der Waals surface area contributed by atoms with Crippen LogP contribution in [0.15, 0.2) is 36.5 Å². The van der Waals surface area contributed by atoms with E-state index in [1.54, 1.807) is 6.20 Å². The van der Waals surface area contributed by atoms with E-state index < -0.39 is 0 Å². The van der Waals surface area contributed by atoms with Crippen molar-refractivity contribution in [3.8, 4) is 5.75 Å². The van der Waals surface area contributed by atoms with Crippen LogP contribution in [0.2, 0.25) is 0 Å². The summed E-state index contributed by atoms with van der Waals surface area (Å²) in [5.74, 6) is 0.883. The quantitative estimate of drug-likeness (QED) is 0.780. The predicted molar refractivity (Wildman–Crippen MR) is 99.2 cm³/mol. The first-order valence-electron chi connectivity index (χ1n) is 9.02. The number of rotatable bonds is 4. The van der Waals surface area contributed by atoms with E-state index in [0.29, 0.717) is 17.8 Å². The standard InChI is InChI=1S/C20H22N4O2/c1-3-26-16-8-6-14(7-9-16)18-5-4-10-24(18)20(25)15-11-17-13(2)22-23-19(17)21-12-15/h6-9,11-12,18H,3-5,10H2,1-2H3,(H,21,22,23)/t18-/m1/s1. The van der Waals surface area contributed by atoms with Gasteiger partial charge in [0, 0.05) is 23.8 Å². The van der Waals surface area contributed by atoms with E-state index in [1.165, 1.54) is 0 Å². The number of likely N-dealkylation sites (tertiary alicyclic amines) is 1. The molecule has 0 aliphatic carbocycles. The molecule has 134 valence electrons. The van der Waals surface area contributed by atoms with E-state index in [-0.39, 0.29) is 11.9 Å². The molecular weight excluding hydrogens is 328 g/mol. The van der Waals surface area contributed by atoms with Crippen LogP contribution in [0.5, 0.6) is 5.75 Å². The number of hydrogen-bond donors (Lipinski definition) is 1. The lowest BCUT2D eigenvalue weighted by Crippen LogP contribution is -2.30. The van der Waals surface area contributed by atoms with Crippen molar-refractivity contribution in [1.29, 1.82) is 0 Å². The zero-order chi connectivity index (χ0) is 18.1. The summed E-state index contributed by atoms with van der Waals surface area (Å²) in [6.07, 6.45) is 3.60. The Morgan fingerprint density at radius 1 is 1.35 bits per heavy atom. The molecule has 3 aromatic rings. The van der Waals surface area contributed by atoms with Gasteiger partial charge in [-0.3, -0.25) is 9.89 Å². The van der Waals surface area contributed by atoms with Crippen molar-refractivity contribution in [1.82, 2.24) is 20.1 Å². The lowest BCUT2D eigenvalue weighted by atomic mass is 10.0. The number of nitrogens with zero attached hydrogens (tertiary/aromatic N) is 3. The molecule has 3 heterocycles. The van der Waals surface area contributed by atoms with Gasteiger partial charge in [-0.15, -0.1) is 0 Å². The van der Waals surface area contributed by atoms with Gasteiger partial charge in [0.25, 0.3) is 5.91 Å². The minimum absolute atomic E-state index is 0.0244. The van der Waals surface area contributed by atoms with Crippen molar-refractivity contribution < 1.29 is 9.53 Å². The molecule has 26 heavy (non-hydrogen) atoms. The Hall–Kier alpha value is -2.89. The average Bonchev–Trinajstić information content (AvgIpc) is 3.29. The molecule has 6 heteroatoms. The molecule has 1 saturated heterocycles. The molecule has 1 aliphatic heterocycles. The first-order valence-corrected chi connectivity index (χ1v) is 9.02. The van der Waals surface area contributed by atoms with Gasteiger partial charge in [0.15, 0.2) is 5.65 Å². The van der Waals surface area contributed by atoms with Crippen LogP contribution in [0.1, 0.15) is 47.4 Å². The second-order valence-electron chi connectivity index (χ2n) is 6.60. The monoisotopic (exact) mass is 350 g/mol. The van der Waals surface area contributed by atoms with Crippen molar-refractivity contribution in [3.05, 3.63) is 53.3 Å². The van der Waals surface area contributed by atoms with Crippen LogP contribution in [0.25, 0.3) is 11.0 Å². The summed E-state index contributed by atoms with van der Waals surface area (Å²) in [7, 11) is 0. The molecule has 4 rings (SSSR count). The van der Waals surface area contributed by atoms with E-state index in [1.807, 2.05) is 36.9 Å². The van der Waals surface area contributed by atoms with Crippen molar-refractivity contribution >= 4 is 16.9 Å². The summed E-state index contributed by atoms with van der Waals surface area (Å²) in [5, 5.41) is 7.94. The Balaban J connectivity index is 1.60. The zero-order valence-electron chi connectivity index (χ0n) is 15.0. The van der Waals surface area contributed by atoms with E-state index in [0.717, 1.165) is 41.8 Å². The number of nitrogens with one attached hydrogen (secondary N) is 1. The molecule has 0 saturated carbocycles. The number of aryl methyl sites for hydroxylation is 1. The highest BCUT2D eigenvalue weighted by Crippen LogP contribution is 2.34. The van der Waals surface area contributed by atoms with Gasteiger partial charge in [-0.2, -0.15) is 5.10 Å². The van der Waals surface area contributed by atoms with Crippen molar-refractivity contribution in [2.75, 3.05) is 13.2 Å². The fourth-order valence-electron chi connectivity index (χ4n) is 3.61. The highest BCUT2D eigenvalue weighted by molar-refractivity contribution is 5.97. The van der Waals surface area contributed by atoms with Crippen molar-refractivity contribution in [3.63, 3.8) is 0 Å². The zero-order valence-corrected chi connectivity index (χ0v) is 15.0. The van der Waals surface area contributed by atoms with E-state index in [4.69, 9.17) is 4.74 Å². The van der Waals surface area contributed by atoms with Gasteiger partial charge < -0.3 is 9.64 Å². The lowest BCUT2D eigenvalue weighted by Gasteiger charge is -2.25. The summed E-state index contributed by atoms with van der Waals surface area (Å²) in [5.41, 5.74) is 3.32. The number of carbonyl (C=O) groups excluding carboxylic acids is 1. The molecular formula is C20H22N4O2. The molecule has 0 spiro atoms. The summed E-state index contributed by atoms with van der Waals surface area (Å²) < 4.78 is 5.51. The van der Waals surface area contributed by atoms with Crippen LogP contribution in [0.4, 0.5) is 0 Å². The Morgan fingerprint density at radius 3 is 2.92 bits per heavy atom. The number of aromatic nitrogens is 3. The summed E-state index contributed by atoms with van der Waals surface area (Å²) in [6.45, 7) is 5.32. The minimum atomic E-state index is 0.0244. The molecule has 0 unspecified atom stereocenters. The molecule has 0 bridgehead atoms. The minimum Gasteiger partial charge on any atom is -0.494 e. The van der Waals surface area contributed by atoms with Crippen LogP contribution >= 0.6 is 0 Å². The Morgan fingerprint density at radius 2 is 2.15 bits per heavy atom. The summed E-state index contributed by atoms with van der Waals surface area (Å²) in [6, 6.07) is 10.0. The third-order valence-corrected chi connectivity index (χ3v) is 4.94. The summed E-state index contributed by atoms with van der Waals surface area (Å²) >= 11 is 0. The van der Waals surface area contributed by atoms with Gasteiger partial charge in [-0.25, -0.2) is 4.98 Å². The molecule has 1 atom stereocenters. The summed E-state index contributed by atoms with van der Waals surface area (Å²) in [4.78, 5) is 19.4. The maximum absolute atomic E-state index is 13.1. The first-order chi connectivity index (χ1) is 12.7. The number of hydrogen-bond acceptors (Lipinski definition) is 4. The van der Waals surface area contributed by atoms with E-state index >= 15 is 0 Å². The lowest BCUT2D eigenvalue weighted by molar-refractivity contribution is 0.0735. The first kappa shape index (κ1) is 16.6. The van der Waals surface area contributed by atoms with Gasteiger partial charge in [0.1, 0.15) is 5.75 Å². The SMILES string of the molecule is CCOc1ccc([C@H]2CCCN2C(=O)c2cnc3n[nH]c(C)c3c2)cc1. The number of fused-ring (bicyclic) bond motifs is 1. The molecule has 1 N–H and O–H groups in total. The average molecular weight is 350 g/mol. The number of amides is 1. The fourth-order valence-corrected chi connectivity index (χ4v) is 3.61. The highest BCUT2D eigenvalue weighted by atomic mass is 16.5. The van der Waals surface area contributed by atoms with E-state index in [2.05, 4.69) is 27.3 Å². The highest BCUT2D eigenvalue weighted by Gasteiger charge is 2.31. The largest absolute Gasteiger partial charge is 0.494 e. The predicted octanol–water partition coefficient (Wildman–Crippen LogP) is 3.64. The van der Waals surface area contributed by atoms with Gasteiger partial charge in [-0.05, 0) is 50.5 Å². The van der Waals surface area contributed by atoms with Crippen LogP contribution in [0, 0.1) is 6.92 Å². The van der Waals surface area contributed by atoms with Gasteiger partial charge in [0.2, 0.25) is 0 Å². The maximum atomic E-state index is 13.1. The van der Waals surface area contributed by atoms with Gasteiger partial charge in [0.05, 0.1) is 18.2 Å². The van der Waals surface area contributed by atoms with Crippen LogP contribution < -0.4 is 4.74 Å². The number of H-pyrrole nitrogens is 1. The van der Waals surface area contributed by atoms with E-state index in [9.17, 15) is 4.79 Å². The van der Waals surface area contributed by atoms with Crippen molar-refractivity contribution in [2.24, 2.45) is 0 Å². The van der Waals surface area contributed by atoms with Crippen molar-refractivity contribution in [2.45, 2.75) is 32.7 Å². The second-order valence-corrected chi connectivity index (χ2v) is 6.60. The maximum Gasteiger partial charge on any atom is 0.255 e. The molecule has 1 amide bonds. The number of aromatic amines is 1. The number of benzene rings is 1. The smallest absolute Gasteiger partial charge is 0.255 e. The molecule has 0 radical (unpaired) electrons. The second kappa shape index (κ2) is 6.78. The molecule has 1 aromatic carbocycles. The normalized spacial score (nSPS) is 17.0. The molecule has 2 aromatic heterocycles. The Kier molecular flexibility index (Phi) is 4.32. The van der Waals surface area contributed by atoms with Crippen LogP contribution in [0.3, 0.4) is 0 Å². The topological polar surface area (TPSA) is 71.1 Å².